The fraction of sp³-hybridized carbons (Fsp3) is 0.200. The summed E-state index contributed by atoms with van der Waals surface area (Å²) in [7, 11) is 0. The summed E-state index contributed by atoms with van der Waals surface area (Å²) in [6.45, 7) is 1.34. The SMILES string of the molecule is CC(=O)Oc1csc(=S)[nH]1. The highest BCUT2D eigenvalue weighted by molar-refractivity contribution is 7.73. The first-order chi connectivity index (χ1) is 4.68. The normalized spacial score (nSPS) is 9.30. The quantitative estimate of drug-likeness (QED) is 0.522. The van der Waals surface area contributed by atoms with Crippen molar-refractivity contribution in [2.75, 3.05) is 0 Å². The van der Waals surface area contributed by atoms with E-state index in [1.807, 2.05) is 0 Å². The topological polar surface area (TPSA) is 42.1 Å². The summed E-state index contributed by atoms with van der Waals surface area (Å²) >= 11 is 6.09. The zero-order valence-electron chi connectivity index (χ0n) is 5.21. The Labute approximate surface area is 66.7 Å². The molecule has 0 atom stereocenters. The Bertz CT molecular complexity index is 288. The van der Waals surface area contributed by atoms with Gasteiger partial charge in [0.15, 0.2) is 3.95 Å². The predicted octanol–water partition coefficient (Wildman–Crippen LogP) is 1.73. The Morgan fingerprint density at radius 1 is 1.90 bits per heavy atom. The van der Waals surface area contributed by atoms with Crippen molar-refractivity contribution in [2.24, 2.45) is 0 Å². The van der Waals surface area contributed by atoms with Gasteiger partial charge in [0.2, 0.25) is 5.88 Å². The Morgan fingerprint density at radius 3 is 3.00 bits per heavy atom. The van der Waals surface area contributed by atoms with Crippen LogP contribution in [0.3, 0.4) is 0 Å². The second kappa shape index (κ2) is 2.94. The number of rotatable bonds is 1. The third-order valence-electron chi connectivity index (χ3n) is 0.752. The molecular formula is C5H5NO2S2. The van der Waals surface area contributed by atoms with E-state index >= 15 is 0 Å². The molecule has 1 aromatic rings. The van der Waals surface area contributed by atoms with Crippen LogP contribution in [0.4, 0.5) is 0 Å². The third-order valence-corrected chi connectivity index (χ3v) is 1.79. The van der Waals surface area contributed by atoms with Crippen molar-refractivity contribution >= 4 is 29.5 Å². The summed E-state index contributed by atoms with van der Waals surface area (Å²) in [4.78, 5) is 13.0. The molecule has 0 radical (unpaired) electrons. The van der Waals surface area contributed by atoms with E-state index in [-0.39, 0.29) is 5.97 Å². The number of carbonyl (C=O) groups excluding carboxylic acids is 1. The van der Waals surface area contributed by atoms with Gasteiger partial charge < -0.3 is 9.72 Å². The number of hydrogen-bond acceptors (Lipinski definition) is 4. The molecule has 0 aliphatic carbocycles. The molecule has 1 N–H and O–H groups in total. The van der Waals surface area contributed by atoms with Crippen LogP contribution in [0.1, 0.15) is 6.92 Å². The lowest BCUT2D eigenvalue weighted by Gasteiger charge is -1.92. The molecule has 10 heavy (non-hydrogen) atoms. The zero-order chi connectivity index (χ0) is 7.56. The van der Waals surface area contributed by atoms with Gasteiger partial charge in [-0.3, -0.25) is 4.79 Å². The monoisotopic (exact) mass is 175 g/mol. The first kappa shape index (κ1) is 7.43. The molecule has 0 aromatic carbocycles. The summed E-state index contributed by atoms with van der Waals surface area (Å²) in [5.41, 5.74) is 0. The van der Waals surface area contributed by atoms with Gasteiger partial charge in [-0.25, -0.2) is 0 Å². The molecule has 54 valence electrons. The molecule has 5 heteroatoms. The van der Waals surface area contributed by atoms with Gasteiger partial charge in [-0.15, -0.1) is 11.3 Å². The van der Waals surface area contributed by atoms with E-state index in [9.17, 15) is 4.79 Å². The van der Waals surface area contributed by atoms with Crippen molar-refractivity contribution in [2.45, 2.75) is 6.92 Å². The van der Waals surface area contributed by atoms with E-state index in [1.54, 1.807) is 5.38 Å². The summed E-state index contributed by atoms with van der Waals surface area (Å²) in [5, 5.41) is 1.66. The Hall–Kier alpha value is -0.680. The van der Waals surface area contributed by atoms with Crippen molar-refractivity contribution in [1.82, 2.24) is 4.98 Å². The molecule has 1 aromatic heterocycles. The lowest BCUT2D eigenvalue weighted by atomic mass is 10.8. The maximum Gasteiger partial charge on any atom is 0.309 e. The van der Waals surface area contributed by atoms with Gasteiger partial charge in [0.1, 0.15) is 0 Å². The average Bonchev–Trinajstić information content (AvgIpc) is 2.13. The lowest BCUT2D eigenvalue weighted by Crippen LogP contribution is -2.00. The van der Waals surface area contributed by atoms with Crippen molar-refractivity contribution < 1.29 is 9.53 Å². The number of aromatic amines is 1. The van der Waals surface area contributed by atoms with E-state index in [0.29, 0.717) is 9.83 Å². The smallest absolute Gasteiger partial charge is 0.309 e. The van der Waals surface area contributed by atoms with E-state index in [2.05, 4.69) is 9.72 Å². The van der Waals surface area contributed by atoms with Gasteiger partial charge in [-0.1, -0.05) is 0 Å². The highest BCUT2D eigenvalue weighted by Gasteiger charge is 1.97. The van der Waals surface area contributed by atoms with Gasteiger partial charge in [-0.2, -0.15) is 0 Å². The van der Waals surface area contributed by atoms with Crippen LogP contribution in [0.2, 0.25) is 0 Å². The number of esters is 1. The van der Waals surface area contributed by atoms with Crippen molar-refractivity contribution in [3.8, 4) is 5.88 Å². The molecule has 0 amide bonds. The summed E-state index contributed by atoms with van der Waals surface area (Å²) in [5.74, 6) is 0.0755. The second-order valence-electron chi connectivity index (χ2n) is 1.61. The van der Waals surface area contributed by atoms with Crippen LogP contribution in [0.25, 0.3) is 0 Å². The van der Waals surface area contributed by atoms with Gasteiger partial charge in [0.25, 0.3) is 0 Å². The highest BCUT2D eigenvalue weighted by Crippen LogP contribution is 2.11. The maximum atomic E-state index is 10.4. The van der Waals surface area contributed by atoms with Gasteiger partial charge in [0, 0.05) is 6.92 Å². The third kappa shape index (κ3) is 1.93. The van der Waals surface area contributed by atoms with Gasteiger partial charge >= 0.3 is 5.97 Å². The first-order valence-electron chi connectivity index (χ1n) is 2.54. The van der Waals surface area contributed by atoms with Crippen molar-refractivity contribution in [3.63, 3.8) is 0 Å². The van der Waals surface area contributed by atoms with Crippen molar-refractivity contribution in [3.05, 3.63) is 9.33 Å². The number of H-pyrrole nitrogens is 1. The van der Waals surface area contributed by atoms with E-state index < -0.39 is 0 Å². The minimum Gasteiger partial charge on any atom is -0.409 e. The molecule has 0 bridgehead atoms. The molecule has 1 heterocycles. The number of thiazole rings is 1. The molecule has 3 nitrogen and oxygen atoms in total. The predicted molar refractivity (Wildman–Crippen MR) is 40.8 cm³/mol. The summed E-state index contributed by atoms with van der Waals surface area (Å²) in [6, 6.07) is 0. The molecule has 1 rings (SSSR count). The van der Waals surface area contributed by atoms with E-state index in [4.69, 9.17) is 12.2 Å². The van der Waals surface area contributed by atoms with E-state index in [0.717, 1.165) is 0 Å². The number of aromatic nitrogens is 1. The Morgan fingerprint density at radius 2 is 2.60 bits per heavy atom. The molecule has 0 saturated carbocycles. The molecule has 0 saturated heterocycles. The fourth-order valence-electron chi connectivity index (χ4n) is 0.471. The molecule has 0 aliphatic heterocycles. The number of hydrogen-bond donors (Lipinski definition) is 1. The van der Waals surface area contributed by atoms with Crippen molar-refractivity contribution in [1.29, 1.82) is 0 Å². The maximum absolute atomic E-state index is 10.4. The van der Waals surface area contributed by atoms with Crippen LogP contribution >= 0.6 is 23.6 Å². The van der Waals surface area contributed by atoms with E-state index in [1.165, 1.54) is 18.3 Å². The molecule has 0 spiro atoms. The molecule has 0 unspecified atom stereocenters. The van der Waals surface area contributed by atoms with Gasteiger partial charge in [-0.05, 0) is 12.2 Å². The average molecular weight is 175 g/mol. The Balaban J connectivity index is 2.76. The largest absolute Gasteiger partial charge is 0.409 e. The standard InChI is InChI=1S/C5H5NO2S2/c1-3(7)8-4-2-10-5(9)6-4/h2H,1H3,(H,6,9). The van der Waals surface area contributed by atoms with Crippen LogP contribution < -0.4 is 4.74 Å². The fourth-order valence-corrected chi connectivity index (χ4v) is 1.20. The minimum atomic E-state index is -0.343. The van der Waals surface area contributed by atoms with Crippen LogP contribution in [-0.4, -0.2) is 11.0 Å². The summed E-state index contributed by atoms with van der Waals surface area (Å²) < 4.78 is 5.29. The molecule has 0 aliphatic rings. The molecule has 0 fully saturated rings. The van der Waals surface area contributed by atoms with Crippen LogP contribution in [0.5, 0.6) is 5.88 Å². The zero-order valence-corrected chi connectivity index (χ0v) is 6.84. The molecular weight excluding hydrogens is 170 g/mol. The number of carbonyl (C=O) groups is 1. The summed E-state index contributed by atoms with van der Waals surface area (Å²) in [6.07, 6.45) is 0. The van der Waals surface area contributed by atoms with Crippen LogP contribution in [0, 0.1) is 3.95 Å². The van der Waals surface area contributed by atoms with Crippen LogP contribution in [0.15, 0.2) is 5.38 Å². The minimum absolute atomic E-state index is 0.343. The second-order valence-corrected chi connectivity index (χ2v) is 3.15. The first-order valence-corrected chi connectivity index (χ1v) is 3.83. The lowest BCUT2D eigenvalue weighted by molar-refractivity contribution is -0.132. The highest BCUT2D eigenvalue weighted by atomic mass is 32.1. The van der Waals surface area contributed by atoms with Crippen LogP contribution in [-0.2, 0) is 4.79 Å². The Kier molecular flexibility index (Phi) is 2.18. The number of ether oxygens (including phenoxy) is 1. The van der Waals surface area contributed by atoms with Gasteiger partial charge in [0.05, 0.1) is 5.38 Å². The number of nitrogens with one attached hydrogen (secondary N) is 1.